The Morgan fingerprint density at radius 1 is 0.929 bits per heavy atom. The van der Waals surface area contributed by atoms with E-state index >= 15 is 0 Å². The minimum Gasteiger partial charge on any atom is -0.504 e. The number of amides is 3. The molecule has 0 radical (unpaired) electrons. The number of aryl methyl sites for hydroxylation is 1. The Morgan fingerprint density at radius 2 is 1.67 bits per heavy atom. The van der Waals surface area contributed by atoms with Crippen LogP contribution < -0.4 is 20.1 Å². The second-order valence-electron chi connectivity index (χ2n) is 11.0. The van der Waals surface area contributed by atoms with E-state index in [0.29, 0.717) is 39.8 Å². The van der Waals surface area contributed by atoms with Crippen molar-refractivity contribution >= 4 is 35.0 Å². The molecule has 0 aliphatic carbocycles. The fourth-order valence-electron chi connectivity index (χ4n) is 6.68. The van der Waals surface area contributed by atoms with E-state index in [4.69, 9.17) is 21.1 Å². The van der Waals surface area contributed by atoms with Gasteiger partial charge in [-0.2, -0.15) is 0 Å². The molecule has 0 aromatic heterocycles. The van der Waals surface area contributed by atoms with Crippen molar-refractivity contribution in [2.24, 2.45) is 11.8 Å². The summed E-state index contributed by atoms with van der Waals surface area (Å²) >= 11 is 6.53. The highest BCUT2D eigenvalue weighted by Crippen LogP contribution is 2.55. The van der Waals surface area contributed by atoms with Crippen molar-refractivity contribution in [1.82, 2.24) is 10.2 Å². The lowest BCUT2D eigenvalue weighted by atomic mass is 9.76. The zero-order chi connectivity index (χ0) is 29.9. The maximum atomic E-state index is 14.2. The van der Waals surface area contributed by atoms with Crippen molar-refractivity contribution in [2.45, 2.75) is 31.3 Å². The molecule has 4 atom stereocenters. The lowest BCUT2D eigenvalue weighted by Crippen LogP contribution is -2.53. The van der Waals surface area contributed by atoms with Gasteiger partial charge in [0.1, 0.15) is 5.54 Å². The average Bonchev–Trinajstić information content (AvgIpc) is 3.54. The first-order chi connectivity index (χ1) is 20.1. The summed E-state index contributed by atoms with van der Waals surface area (Å²) in [6, 6.07) is 12.8. The number of benzene rings is 3. The molecule has 42 heavy (non-hydrogen) atoms. The number of ether oxygens (including phenoxy) is 2. The Morgan fingerprint density at radius 3 is 2.38 bits per heavy atom. The van der Waals surface area contributed by atoms with Crippen LogP contribution in [0.15, 0.2) is 48.5 Å². The number of phenolic OH excluding ortho intramolecular Hbond substituents is 2. The Bertz CT molecular complexity index is 1640. The molecule has 6 rings (SSSR count). The summed E-state index contributed by atoms with van der Waals surface area (Å²) in [7, 11) is 3.08. The fourth-order valence-corrected chi connectivity index (χ4v) is 7.00. The van der Waals surface area contributed by atoms with Crippen LogP contribution in [0.3, 0.4) is 0 Å². The molecule has 4 N–H and O–H groups in total. The number of methoxy groups -OCH3 is 2. The molecule has 11 heteroatoms. The number of likely N-dealkylation sites (tertiary alicyclic amines) is 1. The van der Waals surface area contributed by atoms with Crippen LogP contribution in [-0.4, -0.2) is 59.6 Å². The Labute approximate surface area is 247 Å². The van der Waals surface area contributed by atoms with Crippen LogP contribution in [0.2, 0.25) is 5.02 Å². The van der Waals surface area contributed by atoms with E-state index in [1.807, 2.05) is 19.1 Å². The van der Waals surface area contributed by atoms with Gasteiger partial charge in [-0.15, -0.1) is 0 Å². The molecule has 0 bridgehead atoms. The summed E-state index contributed by atoms with van der Waals surface area (Å²) in [5, 5.41) is 26.5. The van der Waals surface area contributed by atoms with E-state index in [2.05, 4.69) is 10.6 Å². The number of carbonyl (C=O) groups is 3. The fraction of sp³-hybridized carbons (Fsp3) is 0.323. The average molecular weight is 592 g/mol. The normalized spacial score (nSPS) is 24.2. The van der Waals surface area contributed by atoms with E-state index in [9.17, 15) is 24.6 Å². The zero-order valence-corrected chi connectivity index (χ0v) is 24.0. The Balaban J connectivity index is 1.38. The van der Waals surface area contributed by atoms with E-state index in [-0.39, 0.29) is 30.4 Å². The number of nitrogens with one attached hydrogen (secondary N) is 2. The second-order valence-corrected chi connectivity index (χ2v) is 11.4. The molecule has 1 spiro atoms. The lowest BCUT2D eigenvalue weighted by molar-refractivity contribution is -0.142. The standard InChI is InChI=1S/C31H30ClN3O7/c1-15-10-18-27(19(32)11-15)33-30(40)31(18)26-25(20(34-31)12-17-4-6-21(36)22(37)13-17)28(38)35(29(26)39)9-8-16-5-7-23(41-2)24(14-16)42-3/h4-7,10-11,13-14,20,25-26,34,36-37H,8-9,12H2,1-3H3,(H,33,40)/t20-,25-,26+,31+/m1/s1. The summed E-state index contributed by atoms with van der Waals surface area (Å²) in [4.78, 5) is 43.3. The smallest absolute Gasteiger partial charge is 0.250 e. The van der Waals surface area contributed by atoms with E-state index in [0.717, 1.165) is 11.1 Å². The SMILES string of the molecule is COc1ccc(CCN2C(=O)[C@H]3[C@@H](C2=O)[C@]2(N[C@@H]3Cc3ccc(O)c(O)c3)C(=O)Nc3c(Cl)cc(C)cc32)cc1OC. The van der Waals surface area contributed by atoms with Gasteiger partial charge in [0.25, 0.3) is 0 Å². The van der Waals surface area contributed by atoms with Crippen LogP contribution in [0.25, 0.3) is 0 Å². The molecule has 0 saturated carbocycles. The van der Waals surface area contributed by atoms with Gasteiger partial charge in [0.05, 0.1) is 36.8 Å². The van der Waals surface area contributed by atoms with Crippen molar-refractivity contribution in [1.29, 1.82) is 0 Å². The number of halogens is 1. The monoisotopic (exact) mass is 591 g/mol. The largest absolute Gasteiger partial charge is 0.504 e. The molecule has 10 nitrogen and oxygen atoms in total. The number of imide groups is 1. The molecule has 3 aliphatic heterocycles. The van der Waals surface area contributed by atoms with E-state index < -0.39 is 35.2 Å². The number of phenols is 2. The summed E-state index contributed by atoms with van der Waals surface area (Å²) in [6.45, 7) is 1.97. The number of fused-ring (bicyclic) bond motifs is 4. The minimum atomic E-state index is -1.51. The summed E-state index contributed by atoms with van der Waals surface area (Å²) in [5.41, 5.74) is 1.73. The highest BCUT2D eigenvalue weighted by Gasteiger charge is 2.70. The molecule has 3 aliphatic rings. The van der Waals surface area contributed by atoms with Gasteiger partial charge in [-0.3, -0.25) is 24.6 Å². The first-order valence-electron chi connectivity index (χ1n) is 13.6. The zero-order valence-electron chi connectivity index (χ0n) is 23.2. The van der Waals surface area contributed by atoms with Crippen LogP contribution in [0.4, 0.5) is 5.69 Å². The van der Waals surface area contributed by atoms with Crippen LogP contribution in [-0.2, 0) is 32.8 Å². The number of rotatable bonds is 7. The topological polar surface area (TPSA) is 137 Å². The number of hydrogen-bond donors (Lipinski definition) is 4. The molecule has 3 heterocycles. The van der Waals surface area contributed by atoms with Gasteiger partial charge < -0.3 is 25.0 Å². The van der Waals surface area contributed by atoms with Gasteiger partial charge in [0.2, 0.25) is 17.7 Å². The highest BCUT2D eigenvalue weighted by atomic mass is 35.5. The number of nitrogens with zero attached hydrogens (tertiary/aromatic N) is 1. The van der Waals surface area contributed by atoms with Crippen molar-refractivity contribution < 1.29 is 34.1 Å². The third-order valence-corrected chi connectivity index (χ3v) is 8.88. The predicted octanol–water partition coefficient (Wildman–Crippen LogP) is 3.28. The Kier molecular flexibility index (Phi) is 6.78. The lowest BCUT2D eigenvalue weighted by Gasteiger charge is -2.30. The maximum Gasteiger partial charge on any atom is 0.250 e. The predicted molar refractivity (Wildman–Crippen MR) is 154 cm³/mol. The van der Waals surface area contributed by atoms with Gasteiger partial charge in [-0.05, 0) is 66.8 Å². The molecule has 3 amide bonds. The third-order valence-electron chi connectivity index (χ3n) is 8.58. The number of anilines is 1. The van der Waals surface area contributed by atoms with Crippen molar-refractivity contribution in [3.63, 3.8) is 0 Å². The number of hydrogen-bond acceptors (Lipinski definition) is 8. The molecule has 3 aromatic carbocycles. The second kappa shape index (κ2) is 10.2. The van der Waals surface area contributed by atoms with Crippen LogP contribution in [0.5, 0.6) is 23.0 Å². The molecular weight excluding hydrogens is 562 g/mol. The molecule has 2 saturated heterocycles. The molecule has 3 aromatic rings. The third kappa shape index (κ3) is 4.16. The quantitative estimate of drug-likeness (QED) is 0.243. The van der Waals surface area contributed by atoms with Crippen molar-refractivity contribution in [3.05, 3.63) is 75.8 Å². The molecule has 0 unspecified atom stereocenters. The van der Waals surface area contributed by atoms with E-state index in [1.54, 1.807) is 31.4 Å². The first-order valence-corrected chi connectivity index (χ1v) is 13.9. The first kappa shape index (κ1) is 27.9. The van der Waals surface area contributed by atoms with Gasteiger partial charge in [-0.25, -0.2) is 0 Å². The van der Waals surface area contributed by atoms with Crippen LogP contribution in [0.1, 0.15) is 22.3 Å². The van der Waals surface area contributed by atoms with Gasteiger partial charge in [-0.1, -0.05) is 29.8 Å². The summed E-state index contributed by atoms with van der Waals surface area (Å²) < 4.78 is 10.7. The van der Waals surface area contributed by atoms with Gasteiger partial charge >= 0.3 is 0 Å². The maximum absolute atomic E-state index is 14.2. The van der Waals surface area contributed by atoms with Crippen molar-refractivity contribution in [3.8, 4) is 23.0 Å². The summed E-state index contributed by atoms with van der Waals surface area (Å²) in [6.07, 6.45) is 0.601. The highest BCUT2D eigenvalue weighted by molar-refractivity contribution is 6.35. The van der Waals surface area contributed by atoms with Crippen LogP contribution in [0, 0.1) is 18.8 Å². The van der Waals surface area contributed by atoms with Crippen molar-refractivity contribution in [2.75, 3.05) is 26.1 Å². The molecule has 218 valence electrons. The molecule has 2 fully saturated rings. The number of aromatic hydroxyl groups is 2. The molecular formula is C31H30ClN3O7. The number of carbonyl (C=O) groups excluding carboxylic acids is 3. The summed E-state index contributed by atoms with van der Waals surface area (Å²) in [5.74, 6) is -2.57. The van der Waals surface area contributed by atoms with Crippen LogP contribution >= 0.6 is 11.6 Å². The van der Waals surface area contributed by atoms with Gasteiger partial charge in [0.15, 0.2) is 23.0 Å². The Hall–Kier alpha value is -4.28. The van der Waals surface area contributed by atoms with E-state index in [1.165, 1.54) is 24.1 Å². The minimum absolute atomic E-state index is 0.117. The van der Waals surface area contributed by atoms with Gasteiger partial charge in [0, 0.05) is 18.2 Å².